The van der Waals surface area contributed by atoms with Crippen LogP contribution in [-0.2, 0) is 9.53 Å². The van der Waals surface area contributed by atoms with E-state index in [1.807, 2.05) is 25.1 Å². The first-order valence-corrected chi connectivity index (χ1v) is 7.59. The average Bonchev–Trinajstić information content (AvgIpc) is 2.60. The summed E-state index contributed by atoms with van der Waals surface area (Å²) in [5.74, 6) is -0.0330. The summed E-state index contributed by atoms with van der Waals surface area (Å²) in [6.45, 7) is 3.94. The summed E-state index contributed by atoms with van der Waals surface area (Å²) in [5, 5.41) is 0. The molecule has 2 rings (SSSR count). The zero-order chi connectivity index (χ0) is 17.5. The molecule has 4 nitrogen and oxygen atoms in total. The van der Waals surface area contributed by atoms with Crippen LogP contribution in [-0.4, -0.2) is 25.5 Å². The van der Waals surface area contributed by atoms with E-state index in [2.05, 4.69) is 11.7 Å². The van der Waals surface area contributed by atoms with E-state index in [1.54, 1.807) is 36.4 Å². The van der Waals surface area contributed by atoms with E-state index in [0.29, 0.717) is 11.3 Å². The van der Waals surface area contributed by atoms with Crippen molar-refractivity contribution < 1.29 is 19.1 Å². The second kappa shape index (κ2) is 8.11. The van der Waals surface area contributed by atoms with E-state index in [9.17, 15) is 9.59 Å². The number of hydrogen-bond donors (Lipinski definition) is 0. The highest BCUT2D eigenvalue weighted by molar-refractivity contribution is 6.06. The summed E-state index contributed by atoms with van der Waals surface area (Å²) < 4.78 is 9.74. The third-order valence-electron chi connectivity index (χ3n) is 3.68. The van der Waals surface area contributed by atoms with Gasteiger partial charge in [0.25, 0.3) is 0 Å². The number of carbonyl (C=O) groups excluding carboxylic acids is 2. The molecule has 0 aromatic heterocycles. The van der Waals surface area contributed by atoms with Crippen molar-refractivity contribution in [3.05, 3.63) is 70.8 Å². The van der Waals surface area contributed by atoms with Gasteiger partial charge in [0.15, 0.2) is 12.4 Å². The minimum atomic E-state index is -0.452. The molecule has 0 spiro atoms. The van der Waals surface area contributed by atoms with Gasteiger partial charge in [0.05, 0.1) is 7.11 Å². The Hall–Kier alpha value is -2.88. The van der Waals surface area contributed by atoms with Crippen LogP contribution in [0.2, 0.25) is 0 Å². The zero-order valence-electron chi connectivity index (χ0n) is 14.0. The van der Waals surface area contributed by atoms with Crippen molar-refractivity contribution in [1.29, 1.82) is 0 Å². The van der Waals surface area contributed by atoms with E-state index in [0.717, 1.165) is 5.56 Å². The smallest absolute Gasteiger partial charge is 0.343 e. The van der Waals surface area contributed by atoms with Crippen LogP contribution in [0.5, 0.6) is 5.75 Å². The monoisotopic (exact) mass is 324 g/mol. The Bertz CT molecular complexity index is 758. The summed E-state index contributed by atoms with van der Waals surface area (Å²) in [6.07, 6.45) is 3.35. The maximum atomic E-state index is 12.2. The molecule has 24 heavy (non-hydrogen) atoms. The van der Waals surface area contributed by atoms with Gasteiger partial charge in [-0.25, -0.2) is 4.79 Å². The Balaban J connectivity index is 2.00. The average molecular weight is 324 g/mol. The number of carbonyl (C=O) groups is 2. The predicted octanol–water partition coefficient (Wildman–Crippen LogP) is 3.75. The number of methoxy groups -OCH3 is 1. The van der Waals surface area contributed by atoms with Crippen molar-refractivity contribution in [2.45, 2.75) is 13.8 Å². The first-order chi connectivity index (χ1) is 11.5. The lowest BCUT2D eigenvalue weighted by atomic mass is 10.0. The normalized spacial score (nSPS) is 10.6. The van der Waals surface area contributed by atoms with Crippen LogP contribution in [0.15, 0.2) is 48.5 Å². The SMILES string of the molecule is COC(=O)COc1ccc(C(=O)/C=C/c2ccc(C)c(C)c2)cc1. The minimum absolute atomic E-state index is 0.0901. The highest BCUT2D eigenvalue weighted by Gasteiger charge is 2.05. The molecule has 2 aromatic rings. The van der Waals surface area contributed by atoms with Crippen LogP contribution in [0, 0.1) is 13.8 Å². The number of benzene rings is 2. The van der Waals surface area contributed by atoms with Crippen LogP contribution in [0.1, 0.15) is 27.0 Å². The number of ketones is 1. The summed E-state index contributed by atoms with van der Waals surface area (Å²) in [4.78, 5) is 23.2. The number of aryl methyl sites for hydroxylation is 2. The van der Waals surface area contributed by atoms with E-state index in [4.69, 9.17) is 4.74 Å². The van der Waals surface area contributed by atoms with Gasteiger partial charge < -0.3 is 9.47 Å². The zero-order valence-corrected chi connectivity index (χ0v) is 14.0. The standard InChI is InChI=1S/C20H20O4/c1-14-4-5-16(12-15(14)2)6-11-19(21)17-7-9-18(10-8-17)24-13-20(22)23-3/h4-12H,13H2,1-3H3/b11-6+. The van der Waals surface area contributed by atoms with Crippen LogP contribution >= 0.6 is 0 Å². The molecule has 4 heteroatoms. The maximum Gasteiger partial charge on any atom is 0.343 e. The van der Waals surface area contributed by atoms with Gasteiger partial charge in [-0.1, -0.05) is 24.3 Å². The lowest BCUT2D eigenvalue weighted by molar-refractivity contribution is -0.142. The molecule has 0 aliphatic heterocycles. The van der Waals surface area contributed by atoms with Gasteiger partial charge in [-0.2, -0.15) is 0 Å². The summed E-state index contributed by atoms with van der Waals surface area (Å²) in [6, 6.07) is 12.7. The Morgan fingerprint density at radius 3 is 2.33 bits per heavy atom. The molecule has 0 N–H and O–H groups in total. The lowest BCUT2D eigenvalue weighted by Gasteiger charge is -2.05. The van der Waals surface area contributed by atoms with Gasteiger partial charge in [0.1, 0.15) is 5.75 Å². The Morgan fingerprint density at radius 1 is 1.00 bits per heavy atom. The summed E-state index contributed by atoms with van der Waals surface area (Å²) in [5.41, 5.74) is 3.96. The molecule has 0 atom stereocenters. The topological polar surface area (TPSA) is 52.6 Å². The third-order valence-corrected chi connectivity index (χ3v) is 3.68. The fourth-order valence-corrected chi connectivity index (χ4v) is 2.05. The van der Waals surface area contributed by atoms with Gasteiger partial charge in [-0.15, -0.1) is 0 Å². The fraction of sp³-hybridized carbons (Fsp3) is 0.200. The van der Waals surface area contributed by atoms with Crippen LogP contribution in [0.25, 0.3) is 6.08 Å². The van der Waals surface area contributed by atoms with Crippen LogP contribution in [0.3, 0.4) is 0 Å². The summed E-state index contributed by atoms with van der Waals surface area (Å²) >= 11 is 0. The Kier molecular flexibility index (Phi) is 5.90. The molecule has 0 aliphatic rings. The summed E-state index contributed by atoms with van der Waals surface area (Å²) in [7, 11) is 1.30. The quantitative estimate of drug-likeness (QED) is 0.461. The van der Waals surface area contributed by atoms with Gasteiger partial charge >= 0.3 is 5.97 Å². The van der Waals surface area contributed by atoms with E-state index < -0.39 is 5.97 Å². The number of ether oxygens (including phenoxy) is 2. The van der Waals surface area contributed by atoms with Crippen molar-refractivity contribution in [2.24, 2.45) is 0 Å². The second-order valence-corrected chi connectivity index (χ2v) is 5.43. The van der Waals surface area contributed by atoms with E-state index in [-0.39, 0.29) is 12.4 Å². The molecule has 0 amide bonds. The van der Waals surface area contributed by atoms with Crippen molar-refractivity contribution in [1.82, 2.24) is 0 Å². The van der Waals surface area contributed by atoms with Gasteiger partial charge in [-0.3, -0.25) is 4.79 Å². The maximum absolute atomic E-state index is 12.2. The van der Waals surface area contributed by atoms with Crippen molar-refractivity contribution in [3.63, 3.8) is 0 Å². The molecule has 124 valence electrons. The number of hydrogen-bond acceptors (Lipinski definition) is 4. The Labute approximate surface area is 141 Å². The third kappa shape index (κ3) is 4.81. The van der Waals surface area contributed by atoms with Crippen molar-refractivity contribution in [2.75, 3.05) is 13.7 Å². The molecule has 0 saturated carbocycles. The molecular weight excluding hydrogens is 304 g/mol. The first-order valence-electron chi connectivity index (χ1n) is 7.59. The molecule has 0 fully saturated rings. The van der Waals surface area contributed by atoms with Crippen LogP contribution < -0.4 is 4.74 Å². The Morgan fingerprint density at radius 2 is 1.71 bits per heavy atom. The first kappa shape index (κ1) is 17.5. The van der Waals surface area contributed by atoms with Crippen molar-refractivity contribution >= 4 is 17.8 Å². The molecule has 0 unspecified atom stereocenters. The fourth-order valence-electron chi connectivity index (χ4n) is 2.05. The molecular formula is C20H20O4. The number of esters is 1. The molecule has 0 aliphatic carbocycles. The molecule has 0 heterocycles. The number of rotatable bonds is 6. The van der Waals surface area contributed by atoms with E-state index in [1.165, 1.54) is 18.2 Å². The van der Waals surface area contributed by atoms with E-state index >= 15 is 0 Å². The van der Waals surface area contributed by atoms with Crippen LogP contribution in [0.4, 0.5) is 0 Å². The van der Waals surface area contributed by atoms with Gasteiger partial charge in [0, 0.05) is 5.56 Å². The molecule has 0 saturated heterocycles. The molecule has 2 aromatic carbocycles. The number of allylic oxidation sites excluding steroid dienone is 1. The lowest BCUT2D eigenvalue weighted by Crippen LogP contribution is -2.12. The largest absolute Gasteiger partial charge is 0.482 e. The van der Waals surface area contributed by atoms with Gasteiger partial charge in [-0.05, 0) is 60.9 Å². The predicted molar refractivity (Wildman–Crippen MR) is 93.2 cm³/mol. The minimum Gasteiger partial charge on any atom is -0.482 e. The molecule has 0 radical (unpaired) electrons. The highest BCUT2D eigenvalue weighted by atomic mass is 16.6. The van der Waals surface area contributed by atoms with Gasteiger partial charge in [0.2, 0.25) is 0 Å². The molecule has 0 bridgehead atoms. The highest BCUT2D eigenvalue weighted by Crippen LogP contribution is 2.15. The second-order valence-electron chi connectivity index (χ2n) is 5.43. The van der Waals surface area contributed by atoms with Crippen molar-refractivity contribution in [3.8, 4) is 5.75 Å².